The van der Waals surface area contributed by atoms with Crippen molar-refractivity contribution in [3.8, 4) is 0 Å². The molecule has 3 heterocycles. The van der Waals surface area contributed by atoms with Crippen LogP contribution < -0.4 is 0 Å². The molecule has 8 nitrogen and oxygen atoms in total. The lowest BCUT2D eigenvalue weighted by atomic mass is 9.70. The Morgan fingerprint density at radius 3 is 2.69 bits per heavy atom. The molecule has 1 spiro atoms. The van der Waals surface area contributed by atoms with Gasteiger partial charge in [-0.3, -0.25) is 14.4 Å². The lowest BCUT2D eigenvalue weighted by molar-refractivity contribution is -0.156. The highest BCUT2D eigenvalue weighted by Crippen LogP contribution is 2.59. The Morgan fingerprint density at radius 1 is 1.29 bits per heavy atom. The summed E-state index contributed by atoms with van der Waals surface area (Å²) in [5.74, 6) is -2.40. The van der Waals surface area contributed by atoms with Crippen LogP contribution in [0.5, 0.6) is 0 Å². The van der Waals surface area contributed by atoms with E-state index in [1.165, 1.54) is 4.90 Å². The SMILES string of the molecule is C=CCCCCOC(=O)[C@@H]1[C@H]2C(=O)N([C@@H](CC)CO)C(C(=O)N(CC=C)CCCC)C23CC[C@H]1O3. The molecule has 3 saturated heterocycles. The van der Waals surface area contributed by atoms with E-state index < -0.39 is 41.6 Å². The molecule has 6 atom stereocenters. The fourth-order valence-corrected chi connectivity index (χ4v) is 6.07. The number of hydrogen-bond acceptors (Lipinski definition) is 6. The molecular weight excluding hydrogens is 448 g/mol. The van der Waals surface area contributed by atoms with Gasteiger partial charge in [0.15, 0.2) is 0 Å². The number of fused-ring (bicyclic) bond motifs is 1. The first-order valence-electron chi connectivity index (χ1n) is 13.2. The molecule has 2 amide bonds. The Bertz CT molecular complexity index is 797. The number of nitrogens with zero attached hydrogens (tertiary/aromatic N) is 2. The highest BCUT2D eigenvalue weighted by atomic mass is 16.6. The molecule has 2 bridgehead atoms. The predicted octanol–water partition coefficient (Wildman–Crippen LogP) is 2.85. The largest absolute Gasteiger partial charge is 0.465 e. The quantitative estimate of drug-likeness (QED) is 0.215. The molecule has 3 fully saturated rings. The Kier molecular flexibility index (Phi) is 9.53. The van der Waals surface area contributed by atoms with E-state index in [1.807, 2.05) is 13.0 Å². The molecule has 0 aromatic carbocycles. The first kappa shape index (κ1) is 27.4. The van der Waals surface area contributed by atoms with Crippen LogP contribution in [0.4, 0.5) is 0 Å². The molecule has 0 aromatic heterocycles. The minimum Gasteiger partial charge on any atom is -0.465 e. The Labute approximate surface area is 209 Å². The molecule has 0 radical (unpaired) electrons. The van der Waals surface area contributed by atoms with Crippen molar-refractivity contribution in [2.75, 3.05) is 26.3 Å². The topological polar surface area (TPSA) is 96.4 Å². The summed E-state index contributed by atoms with van der Waals surface area (Å²) >= 11 is 0. The molecule has 35 heavy (non-hydrogen) atoms. The second-order valence-corrected chi connectivity index (χ2v) is 9.92. The van der Waals surface area contributed by atoms with E-state index in [0.717, 1.165) is 32.1 Å². The zero-order valence-corrected chi connectivity index (χ0v) is 21.3. The minimum absolute atomic E-state index is 0.194. The number of carbonyl (C=O) groups excluding carboxylic acids is 3. The third kappa shape index (κ3) is 5.05. The molecule has 8 heteroatoms. The van der Waals surface area contributed by atoms with E-state index >= 15 is 0 Å². The number of esters is 1. The highest BCUT2D eigenvalue weighted by Gasteiger charge is 2.75. The van der Waals surface area contributed by atoms with Gasteiger partial charge in [0.1, 0.15) is 11.6 Å². The van der Waals surface area contributed by atoms with Crippen LogP contribution in [0, 0.1) is 11.8 Å². The zero-order valence-electron chi connectivity index (χ0n) is 21.3. The smallest absolute Gasteiger partial charge is 0.312 e. The Hall–Kier alpha value is -2.19. The first-order chi connectivity index (χ1) is 16.9. The van der Waals surface area contributed by atoms with Crippen LogP contribution in [-0.4, -0.2) is 82.8 Å². The van der Waals surface area contributed by atoms with Crippen LogP contribution in [0.2, 0.25) is 0 Å². The van der Waals surface area contributed by atoms with Gasteiger partial charge < -0.3 is 24.4 Å². The normalized spacial score (nSPS) is 29.7. The van der Waals surface area contributed by atoms with Crippen LogP contribution >= 0.6 is 0 Å². The predicted molar refractivity (Wildman–Crippen MR) is 132 cm³/mol. The third-order valence-corrected chi connectivity index (χ3v) is 7.81. The highest BCUT2D eigenvalue weighted by molar-refractivity contribution is 5.98. The second-order valence-electron chi connectivity index (χ2n) is 9.92. The summed E-state index contributed by atoms with van der Waals surface area (Å²) in [6.45, 7) is 12.4. The van der Waals surface area contributed by atoms with Gasteiger partial charge in [-0.2, -0.15) is 0 Å². The van der Waals surface area contributed by atoms with Gasteiger partial charge in [-0.1, -0.05) is 32.4 Å². The van der Waals surface area contributed by atoms with E-state index in [1.54, 1.807) is 11.0 Å². The molecule has 3 aliphatic heterocycles. The van der Waals surface area contributed by atoms with Crippen molar-refractivity contribution in [1.82, 2.24) is 9.80 Å². The number of ether oxygens (including phenoxy) is 2. The van der Waals surface area contributed by atoms with E-state index in [-0.39, 0.29) is 25.0 Å². The lowest BCUT2D eigenvalue weighted by Gasteiger charge is -2.39. The number of allylic oxidation sites excluding steroid dienone is 1. The number of amides is 2. The molecule has 0 saturated carbocycles. The molecule has 2 unspecified atom stereocenters. The zero-order chi connectivity index (χ0) is 25.6. The molecular formula is C27H42N2O6. The summed E-state index contributed by atoms with van der Waals surface area (Å²) in [6.07, 6.45) is 8.93. The standard InChI is InChI=1S/C27H42N2O6/c1-5-9-11-12-17-34-26(33)21-20-13-14-27(35-20)22(21)24(31)29(19(8-4)18-30)23(27)25(32)28(15-7-3)16-10-6-2/h5,7,19-23,30H,1,3,6,8-18H2,2,4H3/t19-,20+,21-,22-,23?,27?/m0/s1. The minimum atomic E-state index is -1.07. The van der Waals surface area contributed by atoms with Crippen molar-refractivity contribution < 1.29 is 29.0 Å². The van der Waals surface area contributed by atoms with Crippen molar-refractivity contribution in [2.45, 2.75) is 89.0 Å². The van der Waals surface area contributed by atoms with Crippen LogP contribution in [-0.2, 0) is 23.9 Å². The Balaban J connectivity index is 1.91. The fraction of sp³-hybridized carbons (Fsp3) is 0.741. The van der Waals surface area contributed by atoms with Gasteiger partial charge in [-0.15, -0.1) is 13.2 Å². The van der Waals surface area contributed by atoms with Crippen molar-refractivity contribution >= 4 is 17.8 Å². The van der Waals surface area contributed by atoms with E-state index in [0.29, 0.717) is 32.4 Å². The van der Waals surface area contributed by atoms with Crippen molar-refractivity contribution in [2.24, 2.45) is 11.8 Å². The van der Waals surface area contributed by atoms with Crippen molar-refractivity contribution in [1.29, 1.82) is 0 Å². The maximum atomic E-state index is 14.0. The Morgan fingerprint density at radius 2 is 2.06 bits per heavy atom. The average Bonchev–Trinajstić information content (AvgIpc) is 3.50. The monoisotopic (exact) mass is 490 g/mol. The third-order valence-electron chi connectivity index (χ3n) is 7.81. The number of aliphatic hydroxyl groups excluding tert-OH is 1. The van der Waals surface area contributed by atoms with Gasteiger partial charge in [-0.05, 0) is 44.9 Å². The van der Waals surface area contributed by atoms with Gasteiger partial charge in [0.2, 0.25) is 11.8 Å². The molecule has 0 aliphatic carbocycles. The van der Waals surface area contributed by atoms with E-state index in [4.69, 9.17) is 9.47 Å². The van der Waals surface area contributed by atoms with Gasteiger partial charge >= 0.3 is 5.97 Å². The number of rotatable bonds is 15. The molecule has 3 aliphatic rings. The number of carbonyl (C=O) groups is 3. The number of likely N-dealkylation sites (tertiary alicyclic amines) is 1. The van der Waals surface area contributed by atoms with Crippen LogP contribution in [0.3, 0.4) is 0 Å². The lowest BCUT2D eigenvalue weighted by Crippen LogP contribution is -2.58. The van der Waals surface area contributed by atoms with Crippen molar-refractivity contribution in [3.63, 3.8) is 0 Å². The molecule has 0 aromatic rings. The molecule has 1 N–H and O–H groups in total. The van der Waals surface area contributed by atoms with E-state index in [9.17, 15) is 19.5 Å². The van der Waals surface area contributed by atoms with Gasteiger partial charge in [-0.25, -0.2) is 0 Å². The summed E-state index contributed by atoms with van der Waals surface area (Å²) in [5, 5.41) is 10.1. The number of hydrogen-bond donors (Lipinski definition) is 1. The van der Waals surface area contributed by atoms with Crippen LogP contribution in [0.25, 0.3) is 0 Å². The fourth-order valence-electron chi connectivity index (χ4n) is 6.07. The van der Waals surface area contributed by atoms with Crippen LogP contribution in [0.1, 0.15) is 65.2 Å². The van der Waals surface area contributed by atoms with Gasteiger partial charge in [0.25, 0.3) is 0 Å². The van der Waals surface area contributed by atoms with Crippen LogP contribution in [0.15, 0.2) is 25.3 Å². The summed E-state index contributed by atoms with van der Waals surface area (Å²) in [6, 6.07) is -1.39. The average molecular weight is 491 g/mol. The maximum absolute atomic E-state index is 14.0. The maximum Gasteiger partial charge on any atom is 0.312 e. The first-order valence-corrected chi connectivity index (χ1v) is 13.2. The summed E-state index contributed by atoms with van der Waals surface area (Å²) in [4.78, 5) is 44.3. The number of aliphatic hydroxyl groups is 1. The molecule has 3 rings (SSSR count). The van der Waals surface area contributed by atoms with Gasteiger partial charge in [0.05, 0.1) is 37.2 Å². The summed E-state index contributed by atoms with van der Waals surface area (Å²) in [7, 11) is 0. The van der Waals surface area contributed by atoms with E-state index in [2.05, 4.69) is 20.1 Å². The van der Waals surface area contributed by atoms with Crippen molar-refractivity contribution in [3.05, 3.63) is 25.3 Å². The number of unbranched alkanes of at least 4 members (excludes halogenated alkanes) is 3. The summed E-state index contributed by atoms with van der Waals surface area (Å²) in [5.41, 5.74) is -1.07. The second kappa shape index (κ2) is 12.2. The molecule has 196 valence electrons. The summed E-state index contributed by atoms with van der Waals surface area (Å²) < 4.78 is 12.0. The van der Waals surface area contributed by atoms with Gasteiger partial charge in [0, 0.05) is 13.1 Å².